The fraction of sp³-hybridized carbons (Fsp3) is 0.455. The maximum Gasteiger partial charge on any atom is 0.387 e. The van der Waals surface area contributed by atoms with Crippen LogP contribution in [0.25, 0.3) is 0 Å². The van der Waals surface area contributed by atoms with Gasteiger partial charge in [-0.1, -0.05) is 29.3 Å². The summed E-state index contributed by atoms with van der Waals surface area (Å²) in [5, 5.41) is 14.4. The van der Waals surface area contributed by atoms with E-state index in [1.165, 1.54) is 30.0 Å². The molecule has 0 amide bonds. The van der Waals surface area contributed by atoms with E-state index in [9.17, 15) is 18.8 Å². The summed E-state index contributed by atoms with van der Waals surface area (Å²) in [6.07, 6.45) is 3.51. The minimum absolute atomic E-state index is 0.0543. The Balaban J connectivity index is 1.65. The number of nitrogens with zero attached hydrogens (tertiary/aromatic N) is 1. The van der Waals surface area contributed by atoms with Crippen molar-refractivity contribution in [2.75, 3.05) is 18.9 Å². The zero-order chi connectivity index (χ0) is 24.2. The Bertz CT molecular complexity index is 1020. The maximum atomic E-state index is 12.9. The molecule has 2 atom stereocenters. The van der Waals surface area contributed by atoms with Crippen LogP contribution in [0.4, 0.5) is 8.78 Å². The lowest BCUT2D eigenvalue weighted by Crippen LogP contribution is -2.32. The van der Waals surface area contributed by atoms with Gasteiger partial charge in [-0.05, 0) is 36.5 Å². The summed E-state index contributed by atoms with van der Waals surface area (Å²) < 4.78 is 42.5. The van der Waals surface area contributed by atoms with Crippen LogP contribution in [0.5, 0.6) is 11.5 Å². The topological polar surface area (TPSA) is 83.7 Å². The molecule has 1 aromatic carbocycles. The van der Waals surface area contributed by atoms with E-state index in [4.69, 9.17) is 32.7 Å². The predicted octanol–water partition coefficient (Wildman–Crippen LogP) is 4.51. The summed E-state index contributed by atoms with van der Waals surface area (Å²) in [4.78, 5) is 12.8. The maximum absolute atomic E-state index is 12.9. The molecule has 2 heterocycles. The first-order chi connectivity index (χ1) is 16.3. The second-order valence-electron chi connectivity index (χ2n) is 7.97. The van der Waals surface area contributed by atoms with Crippen molar-refractivity contribution in [2.45, 2.75) is 37.4 Å². The van der Waals surface area contributed by atoms with Gasteiger partial charge in [0.15, 0.2) is 29.3 Å². The average molecular weight is 535 g/mol. The highest BCUT2D eigenvalue weighted by atomic mass is 35.5. The number of ether oxygens (including phenoxy) is 3. The first kappa shape index (κ1) is 25.1. The Morgan fingerprint density at radius 1 is 1.24 bits per heavy atom. The number of aromatic nitrogens is 1. The number of rotatable bonds is 10. The van der Waals surface area contributed by atoms with Crippen LogP contribution >= 0.6 is 35.0 Å². The zero-order valence-corrected chi connectivity index (χ0v) is 20.2. The number of carbonyl (C=O) groups is 1. The summed E-state index contributed by atoms with van der Waals surface area (Å²) in [6.45, 7) is -1.97. The number of hydrogen-bond acceptors (Lipinski definition) is 7. The Labute approximate surface area is 209 Å². The van der Waals surface area contributed by atoms with Crippen LogP contribution in [0.15, 0.2) is 30.6 Å². The molecule has 12 heteroatoms. The van der Waals surface area contributed by atoms with Crippen molar-refractivity contribution in [3.05, 3.63) is 57.0 Å². The van der Waals surface area contributed by atoms with Gasteiger partial charge in [-0.25, -0.2) is 4.79 Å². The quantitative estimate of drug-likeness (QED) is 0.273. The van der Waals surface area contributed by atoms with Crippen LogP contribution < -0.4 is 19.5 Å². The van der Waals surface area contributed by atoms with Crippen LogP contribution in [-0.2, 0) is 16.0 Å². The van der Waals surface area contributed by atoms with Gasteiger partial charge in [0, 0.05) is 24.3 Å². The zero-order valence-electron chi connectivity index (χ0n) is 17.8. The van der Waals surface area contributed by atoms with Crippen molar-refractivity contribution in [3.63, 3.8) is 0 Å². The van der Waals surface area contributed by atoms with E-state index in [0.29, 0.717) is 34.9 Å². The molecular weight excluding hydrogens is 513 g/mol. The first-order valence-electron chi connectivity index (χ1n) is 10.6. The van der Waals surface area contributed by atoms with Gasteiger partial charge in [0.05, 0.1) is 6.61 Å². The normalized spacial score (nSPS) is 18.7. The Morgan fingerprint density at radius 3 is 2.59 bits per heavy atom. The van der Waals surface area contributed by atoms with Crippen molar-refractivity contribution >= 4 is 40.9 Å². The molecule has 1 N–H and O–H groups in total. The molecular formula is C22H22Cl2F2N2O5S. The largest absolute Gasteiger partial charge is 0.619 e. The molecule has 0 unspecified atom stereocenters. The van der Waals surface area contributed by atoms with Crippen LogP contribution in [0.3, 0.4) is 0 Å². The molecule has 0 bridgehead atoms. The van der Waals surface area contributed by atoms with Crippen LogP contribution in [0.1, 0.15) is 30.1 Å². The number of alkyl halides is 2. The first-order valence-corrected chi connectivity index (χ1v) is 12.4. The molecule has 0 radical (unpaired) electrons. The minimum atomic E-state index is -3.02. The summed E-state index contributed by atoms with van der Waals surface area (Å²) in [7, 11) is 0. The molecule has 1 aromatic heterocycles. The number of esters is 1. The Kier molecular flexibility index (Phi) is 8.23. The van der Waals surface area contributed by atoms with Crippen LogP contribution in [0.2, 0.25) is 10.0 Å². The SMILES string of the molecule is O=C(O[C@H](Cc1c(Cl)c[n+]([O-])cc1Cl)c1ccc(OC(F)F)c(OCC2CC2)c1)[C@H]1NCCS1. The van der Waals surface area contributed by atoms with Gasteiger partial charge >= 0.3 is 12.6 Å². The van der Waals surface area contributed by atoms with E-state index >= 15 is 0 Å². The van der Waals surface area contributed by atoms with Crippen molar-refractivity contribution in [1.82, 2.24) is 5.32 Å². The summed E-state index contributed by atoms with van der Waals surface area (Å²) in [5.41, 5.74) is 0.892. The molecule has 1 saturated heterocycles. The summed E-state index contributed by atoms with van der Waals surface area (Å²) in [6, 6.07) is 4.39. The third-order valence-corrected chi connectivity index (χ3v) is 7.15. The highest BCUT2D eigenvalue weighted by Crippen LogP contribution is 2.38. The molecule has 2 aliphatic rings. The number of benzene rings is 1. The van der Waals surface area contributed by atoms with E-state index in [1.807, 2.05) is 0 Å². The van der Waals surface area contributed by atoms with E-state index in [1.54, 1.807) is 0 Å². The fourth-order valence-electron chi connectivity index (χ4n) is 3.44. The lowest BCUT2D eigenvalue weighted by molar-refractivity contribution is -0.605. The second kappa shape index (κ2) is 11.2. The van der Waals surface area contributed by atoms with Crippen LogP contribution in [0, 0.1) is 11.1 Å². The van der Waals surface area contributed by atoms with E-state index in [2.05, 4.69) is 10.1 Å². The predicted molar refractivity (Wildman–Crippen MR) is 124 cm³/mol. The third-order valence-electron chi connectivity index (χ3n) is 5.36. The number of hydrogen-bond donors (Lipinski definition) is 1. The lowest BCUT2D eigenvalue weighted by atomic mass is 10.0. The number of nitrogens with one attached hydrogen (secondary N) is 1. The molecule has 184 valence electrons. The molecule has 1 saturated carbocycles. The molecule has 34 heavy (non-hydrogen) atoms. The molecule has 2 aromatic rings. The van der Waals surface area contributed by atoms with Crippen molar-refractivity contribution in [2.24, 2.45) is 5.92 Å². The van der Waals surface area contributed by atoms with E-state index in [-0.39, 0.29) is 28.0 Å². The molecule has 2 fully saturated rings. The molecule has 1 aliphatic heterocycles. The van der Waals surface area contributed by atoms with Gasteiger partial charge in [-0.3, -0.25) is 5.32 Å². The smallest absolute Gasteiger partial charge is 0.387 e. The van der Waals surface area contributed by atoms with Gasteiger partial charge in [0.25, 0.3) is 0 Å². The van der Waals surface area contributed by atoms with E-state index in [0.717, 1.165) is 31.0 Å². The average Bonchev–Trinajstić information content (AvgIpc) is 3.44. The molecule has 4 rings (SSSR count). The number of carbonyl (C=O) groups excluding carboxylic acids is 1. The Morgan fingerprint density at radius 2 is 1.97 bits per heavy atom. The van der Waals surface area contributed by atoms with Gasteiger partial charge < -0.3 is 19.4 Å². The highest BCUT2D eigenvalue weighted by Gasteiger charge is 2.30. The highest BCUT2D eigenvalue weighted by molar-refractivity contribution is 8.00. The fourth-order valence-corrected chi connectivity index (χ4v) is 4.94. The number of pyridine rings is 1. The second-order valence-corrected chi connectivity index (χ2v) is 9.99. The van der Waals surface area contributed by atoms with Crippen LogP contribution in [-0.4, -0.2) is 36.9 Å². The van der Waals surface area contributed by atoms with Gasteiger partial charge in [-0.15, -0.1) is 11.8 Å². The molecule has 0 spiro atoms. The van der Waals surface area contributed by atoms with E-state index < -0.39 is 24.1 Å². The van der Waals surface area contributed by atoms with Gasteiger partial charge in [-0.2, -0.15) is 13.5 Å². The number of halogens is 4. The van der Waals surface area contributed by atoms with Crippen molar-refractivity contribution in [3.8, 4) is 11.5 Å². The summed E-state index contributed by atoms with van der Waals surface area (Å²) in [5.74, 6) is 0.677. The summed E-state index contributed by atoms with van der Waals surface area (Å²) >= 11 is 13.9. The minimum Gasteiger partial charge on any atom is -0.619 e. The Hall–Kier alpha value is -2.01. The third kappa shape index (κ3) is 6.56. The van der Waals surface area contributed by atoms with Crippen molar-refractivity contribution < 1.29 is 32.5 Å². The van der Waals surface area contributed by atoms with Gasteiger partial charge in [0.2, 0.25) is 0 Å². The molecule has 7 nitrogen and oxygen atoms in total. The monoisotopic (exact) mass is 534 g/mol. The van der Waals surface area contributed by atoms with Gasteiger partial charge in [0.1, 0.15) is 16.1 Å². The number of thioether (sulfide) groups is 1. The standard InChI is InChI=1S/C22H22Cl2F2N2O5S/c23-15-9-28(30)10-16(24)14(15)8-18(32-21(29)20-27-5-6-34-20)13-3-4-17(33-22(25)26)19(7-13)31-11-12-1-2-12/h3-4,7,9-10,12,18,20,22,27H,1-2,5-6,8,11H2/t18-,20+/m1/s1. The van der Waals surface area contributed by atoms with Crippen molar-refractivity contribution in [1.29, 1.82) is 0 Å². The molecule has 1 aliphatic carbocycles. The lowest BCUT2D eigenvalue weighted by Gasteiger charge is -2.22.